The first-order valence-corrected chi connectivity index (χ1v) is 12.0. The van der Waals surface area contributed by atoms with Crippen LogP contribution in [0.15, 0.2) is 54.9 Å². The van der Waals surface area contributed by atoms with E-state index < -0.39 is 0 Å². The second-order valence-corrected chi connectivity index (χ2v) is 9.12. The van der Waals surface area contributed by atoms with E-state index in [-0.39, 0.29) is 16.3 Å². The van der Waals surface area contributed by atoms with Crippen molar-refractivity contribution in [2.75, 3.05) is 18.5 Å². The summed E-state index contributed by atoms with van der Waals surface area (Å²) in [5, 5.41) is 9.70. The SMILES string of the molecule is C=C.C=C(O)c1ccc(CCn2c(N(C)CCCCC)c(C)cc(Cl)c2=O)cc1.CC(C)C. The largest absolute Gasteiger partial charge is 0.508 e. The zero-order valence-corrected chi connectivity index (χ0v) is 22.2. The normalized spacial score (nSPS) is 10.1. The molecule has 0 spiro atoms. The summed E-state index contributed by atoms with van der Waals surface area (Å²) in [7, 11) is 2.03. The third kappa shape index (κ3) is 10.8. The smallest absolute Gasteiger partial charge is 0.270 e. The van der Waals surface area contributed by atoms with E-state index in [9.17, 15) is 9.90 Å². The summed E-state index contributed by atoms with van der Waals surface area (Å²) in [4.78, 5) is 14.9. The first-order valence-electron chi connectivity index (χ1n) is 11.7. The Kier molecular flexibility index (Phi) is 15.0. The number of benzene rings is 1. The Morgan fingerprint density at radius 3 is 2.18 bits per heavy atom. The molecule has 1 aromatic carbocycles. The fraction of sp³-hybridized carbons (Fsp3) is 0.464. The first kappa shape index (κ1) is 30.5. The van der Waals surface area contributed by atoms with Crippen molar-refractivity contribution >= 4 is 23.2 Å². The molecule has 0 radical (unpaired) electrons. The molecule has 0 atom stereocenters. The van der Waals surface area contributed by atoms with Gasteiger partial charge in [0.1, 0.15) is 16.6 Å². The minimum atomic E-state index is -0.153. The lowest BCUT2D eigenvalue weighted by Gasteiger charge is -2.26. The van der Waals surface area contributed by atoms with E-state index in [1.807, 2.05) is 38.2 Å². The van der Waals surface area contributed by atoms with Gasteiger partial charge in [-0.15, -0.1) is 13.2 Å². The van der Waals surface area contributed by atoms with Gasteiger partial charge in [0.25, 0.3) is 5.56 Å². The van der Waals surface area contributed by atoms with Crippen molar-refractivity contribution < 1.29 is 5.11 Å². The minimum absolute atomic E-state index is 0.0548. The van der Waals surface area contributed by atoms with Gasteiger partial charge in [-0.3, -0.25) is 9.36 Å². The summed E-state index contributed by atoms with van der Waals surface area (Å²) in [5.74, 6) is 1.82. The van der Waals surface area contributed by atoms with E-state index in [0.717, 1.165) is 42.2 Å². The van der Waals surface area contributed by atoms with Gasteiger partial charge in [0.15, 0.2) is 0 Å². The molecule has 2 rings (SSSR count). The molecule has 1 N–H and O–H groups in total. The fourth-order valence-electron chi connectivity index (χ4n) is 3.28. The number of rotatable bonds is 9. The van der Waals surface area contributed by atoms with Crippen LogP contribution in [0.25, 0.3) is 5.76 Å². The number of hydrogen-bond donors (Lipinski definition) is 1. The molecule has 0 aliphatic rings. The number of halogens is 1. The van der Waals surface area contributed by atoms with Crippen LogP contribution in [0.1, 0.15) is 63.6 Å². The van der Waals surface area contributed by atoms with Crippen molar-refractivity contribution in [1.29, 1.82) is 0 Å². The van der Waals surface area contributed by atoms with E-state index in [1.54, 1.807) is 10.6 Å². The van der Waals surface area contributed by atoms with Gasteiger partial charge in [0.2, 0.25) is 0 Å². The standard InChI is InChI=1S/C22H29ClN2O2.C4H10.C2H4/c1-5-6-7-13-24(4)21-16(2)15-20(23)22(27)25(21)14-12-18-8-10-19(11-9-18)17(3)26;1-4(2)3;1-2/h8-11,15,26H,3,5-7,12-14H2,1-2,4H3;4H,1-3H3;1-2H2. The molecule has 0 saturated heterocycles. The maximum absolute atomic E-state index is 12.7. The molecule has 4 nitrogen and oxygen atoms in total. The van der Waals surface area contributed by atoms with Gasteiger partial charge in [-0.1, -0.05) is 83.0 Å². The van der Waals surface area contributed by atoms with E-state index in [1.165, 1.54) is 6.42 Å². The van der Waals surface area contributed by atoms with Gasteiger partial charge in [-0.05, 0) is 42.9 Å². The number of pyridine rings is 1. The van der Waals surface area contributed by atoms with Crippen LogP contribution in [0.2, 0.25) is 5.02 Å². The maximum atomic E-state index is 12.7. The van der Waals surface area contributed by atoms with E-state index in [2.05, 4.69) is 52.3 Å². The molecule has 184 valence electrons. The lowest BCUT2D eigenvalue weighted by molar-refractivity contribution is 0.514. The average Bonchev–Trinajstić information content (AvgIpc) is 2.76. The van der Waals surface area contributed by atoms with Crippen LogP contribution in [-0.2, 0) is 13.0 Å². The highest BCUT2D eigenvalue weighted by Gasteiger charge is 2.15. The van der Waals surface area contributed by atoms with Crippen molar-refractivity contribution in [1.82, 2.24) is 4.57 Å². The summed E-state index contributed by atoms with van der Waals surface area (Å²) < 4.78 is 1.78. The van der Waals surface area contributed by atoms with E-state index in [0.29, 0.717) is 18.5 Å². The fourth-order valence-corrected chi connectivity index (χ4v) is 3.54. The molecule has 0 saturated carbocycles. The molecule has 33 heavy (non-hydrogen) atoms. The number of nitrogens with zero attached hydrogens (tertiary/aromatic N) is 2. The summed E-state index contributed by atoms with van der Waals surface area (Å²) >= 11 is 6.17. The van der Waals surface area contributed by atoms with Gasteiger partial charge < -0.3 is 10.0 Å². The molecule has 0 aliphatic carbocycles. The first-order chi connectivity index (χ1) is 15.6. The highest BCUT2D eigenvalue weighted by Crippen LogP contribution is 2.21. The maximum Gasteiger partial charge on any atom is 0.270 e. The van der Waals surface area contributed by atoms with Gasteiger partial charge >= 0.3 is 0 Å². The third-order valence-corrected chi connectivity index (χ3v) is 5.04. The highest BCUT2D eigenvalue weighted by molar-refractivity contribution is 6.30. The van der Waals surface area contributed by atoms with Crippen LogP contribution in [-0.4, -0.2) is 23.3 Å². The van der Waals surface area contributed by atoms with Gasteiger partial charge in [0, 0.05) is 25.7 Å². The molecule has 0 amide bonds. The number of aliphatic hydroxyl groups is 1. The zero-order valence-electron chi connectivity index (χ0n) is 21.5. The molecule has 2 aromatic rings. The van der Waals surface area contributed by atoms with Crippen molar-refractivity contribution in [3.05, 3.63) is 82.1 Å². The Morgan fingerprint density at radius 2 is 1.70 bits per heavy atom. The predicted molar refractivity (Wildman–Crippen MR) is 147 cm³/mol. The quantitative estimate of drug-likeness (QED) is 0.230. The van der Waals surface area contributed by atoms with Crippen LogP contribution in [0.5, 0.6) is 0 Å². The molecular weight excluding hydrogens is 432 g/mol. The van der Waals surface area contributed by atoms with Crippen LogP contribution in [0, 0.1) is 12.8 Å². The zero-order chi connectivity index (χ0) is 25.6. The molecular formula is C28H43ClN2O2. The Morgan fingerprint density at radius 1 is 1.15 bits per heavy atom. The number of aryl methyl sites for hydroxylation is 2. The van der Waals surface area contributed by atoms with Crippen molar-refractivity contribution in [3.8, 4) is 0 Å². The lowest BCUT2D eigenvalue weighted by Crippen LogP contribution is -2.31. The van der Waals surface area contributed by atoms with Crippen molar-refractivity contribution in [2.24, 2.45) is 5.92 Å². The number of hydrogen-bond acceptors (Lipinski definition) is 3. The molecule has 1 aromatic heterocycles. The minimum Gasteiger partial charge on any atom is -0.508 e. The molecule has 0 fully saturated rings. The van der Waals surface area contributed by atoms with Crippen molar-refractivity contribution in [2.45, 2.75) is 66.8 Å². The Labute approximate surface area is 206 Å². The number of unbranched alkanes of at least 4 members (excludes halogenated alkanes) is 2. The molecule has 0 unspecified atom stereocenters. The van der Waals surface area contributed by atoms with Crippen molar-refractivity contribution in [3.63, 3.8) is 0 Å². The topological polar surface area (TPSA) is 45.5 Å². The molecule has 0 bridgehead atoms. The third-order valence-electron chi connectivity index (χ3n) is 4.77. The average molecular weight is 475 g/mol. The lowest BCUT2D eigenvalue weighted by atomic mass is 10.1. The molecule has 1 heterocycles. The Bertz CT molecular complexity index is 899. The van der Waals surface area contributed by atoms with Crippen LogP contribution in [0.4, 0.5) is 5.82 Å². The Hall–Kier alpha value is -2.46. The summed E-state index contributed by atoms with van der Waals surface area (Å²) in [6.45, 7) is 21.7. The number of aromatic nitrogens is 1. The summed E-state index contributed by atoms with van der Waals surface area (Å²) in [6.07, 6.45) is 4.13. The molecule has 5 heteroatoms. The van der Waals surface area contributed by atoms with Crippen LogP contribution < -0.4 is 10.5 Å². The van der Waals surface area contributed by atoms with E-state index in [4.69, 9.17) is 11.6 Å². The van der Waals surface area contributed by atoms with Crippen LogP contribution in [0.3, 0.4) is 0 Å². The number of anilines is 1. The van der Waals surface area contributed by atoms with Gasteiger partial charge in [-0.25, -0.2) is 0 Å². The predicted octanol–water partition coefficient (Wildman–Crippen LogP) is 7.67. The van der Waals surface area contributed by atoms with Gasteiger partial charge in [-0.2, -0.15) is 0 Å². The summed E-state index contributed by atoms with van der Waals surface area (Å²) in [5.41, 5.74) is 2.64. The van der Waals surface area contributed by atoms with Crippen LogP contribution >= 0.6 is 11.6 Å². The van der Waals surface area contributed by atoms with Gasteiger partial charge in [0.05, 0.1) is 0 Å². The number of aliphatic hydroxyl groups excluding tert-OH is 1. The second kappa shape index (κ2) is 16.2. The summed E-state index contributed by atoms with van der Waals surface area (Å²) in [6, 6.07) is 9.32. The van der Waals surface area contributed by atoms with E-state index >= 15 is 0 Å². The second-order valence-electron chi connectivity index (χ2n) is 8.71. The highest BCUT2D eigenvalue weighted by atomic mass is 35.5. The molecule has 0 aliphatic heterocycles. The monoisotopic (exact) mass is 474 g/mol. The Balaban J connectivity index is 0.00000154.